The molecule has 41 heavy (non-hydrogen) atoms. The Morgan fingerprint density at radius 3 is 2.00 bits per heavy atom. The van der Waals surface area contributed by atoms with Crippen molar-refractivity contribution in [2.75, 3.05) is 0 Å². The van der Waals surface area contributed by atoms with Gasteiger partial charge in [-0.2, -0.15) is 5.10 Å². The maximum Gasteiger partial charge on any atom is 0.202 e. The summed E-state index contributed by atoms with van der Waals surface area (Å²) in [6.07, 6.45) is 1.93. The molecule has 4 nitrogen and oxygen atoms in total. The largest absolute Gasteiger partial charge is 0.457 e. The molecule has 5 heteroatoms. The van der Waals surface area contributed by atoms with E-state index in [1.54, 1.807) is 0 Å². The minimum Gasteiger partial charge on any atom is -0.457 e. The van der Waals surface area contributed by atoms with Crippen LogP contribution in [0.5, 0.6) is 11.5 Å². The minimum atomic E-state index is -2.78. The molecule has 0 unspecified atom stereocenters. The zero-order valence-electron chi connectivity index (χ0n) is 23.4. The van der Waals surface area contributed by atoms with Gasteiger partial charge in [0.05, 0.1) is 5.69 Å². The lowest BCUT2D eigenvalue weighted by atomic mass is 9.77. The number of benzene rings is 4. The Morgan fingerprint density at radius 1 is 0.683 bits per heavy atom. The second-order valence-corrected chi connectivity index (χ2v) is 14.9. The Morgan fingerprint density at radius 2 is 1.34 bits per heavy atom. The average molecular weight is 550 g/mol. The van der Waals surface area contributed by atoms with Crippen LogP contribution in [0.3, 0.4) is 0 Å². The van der Waals surface area contributed by atoms with Crippen LogP contribution >= 0.6 is 0 Å². The molecular weight excluding hydrogens is 519 g/mol. The quantitative estimate of drug-likeness (QED) is 0.285. The topological polar surface area (TPSA) is 50.8 Å². The lowest BCUT2D eigenvalue weighted by Crippen LogP contribution is -2.79. The molecule has 4 aromatic carbocycles. The minimum absolute atomic E-state index is 0.127. The first-order valence-corrected chi connectivity index (χ1v) is 16.0. The van der Waals surface area contributed by atoms with Crippen molar-refractivity contribution >= 4 is 29.0 Å². The Balaban J connectivity index is 1.42. The van der Waals surface area contributed by atoms with Gasteiger partial charge in [0.1, 0.15) is 11.5 Å². The molecule has 0 spiro atoms. The summed E-state index contributed by atoms with van der Waals surface area (Å²) in [5.74, 6) is 1.58. The van der Waals surface area contributed by atoms with Crippen molar-refractivity contribution in [3.63, 3.8) is 0 Å². The Kier molecular flexibility index (Phi) is 5.98. The number of aromatic amines is 1. The summed E-state index contributed by atoms with van der Waals surface area (Å²) in [4.78, 5) is 5.07. The van der Waals surface area contributed by atoms with Gasteiger partial charge in [-0.05, 0) is 76.1 Å². The van der Waals surface area contributed by atoms with Gasteiger partial charge in [-0.1, -0.05) is 92.7 Å². The molecule has 2 aromatic heterocycles. The van der Waals surface area contributed by atoms with E-state index in [1.165, 1.54) is 26.7 Å². The van der Waals surface area contributed by atoms with E-state index < -0.39 is 8.07 Å². The number of nitrogens with zero attached hydrogens (tertiary/aromatic N) is 2. The molecule has 0 fully saturated rings. The van der Waals surface area contributed by atoms with E-state index in [9.17, 15) is 0 Å². The highest BCUT2D eigenvalue weighted by Gasteiger charge is 2.51. The van der Waals surface area contributed by atoms with Gasteiger partial charge in [0.15, 0.2) is 0 Å². The lowest BCUT2D eigenvalue weighted by Gasteiger charge is -2.45. The number of ether oxygens (including phenoxy) is 1. The fourth-order valence-corrected chi connectivity index (χ4v) is 11.9. The highest BCUT2D eigenvalue weighted by atomic mass is 28.3. The first kappa shape index (κ1) is 25.2. The third-order valence-corrected chi connectivity index (χ3v) is 13.1. The van der Waals surface area contributed by atoms with Gasteiger partial charge in [-0.25, -0.2) is 0 Å². The van der Waals surface area contributed by atoms with E-state index in [-0.39, 0.29) is 5.41 Å². The molecule has 6 aromatic rings. The van der Waals surface area contributed by atoms with E-state index in [0.29, 0.717) is 0 Å². The van der Waals surface area contributed by atoms with E-state index in [0.717, 1.165) is 33.8 Å². The standard InChI is InChI=1S/C36H31N3OSi/c1-25-22-32(39-38-25)26-12-10-13-27(23-26)40-28-14-11-15-29(24-28)41(35-20-8-9-21-37-35)33-18-6-4-16-30(33)36(2,3)31-17-5-7-19-34(31)41/h4-24H,1-3H3,(H,38,39). The molecule has 3 heterocycles. The third-order valence-electron chi connectivity index (χ3n) is 8.40. The van der Waals surface area contributed by atoms with Gasteiger partial charge in [0, 0.05) is 28.2 Å². The molecule has 1 aliphatic rings. The van der Waals surface area contributed by atoms with E-state index >= 15 is 0 Å². The van der Waals surface area contributed by atoms with E-state index in [4.69, 9.17) is 9.72 Å². The average Bonchev–Trinajstić information content (AvgIpc) is 3.45. The smallest absolute Gasteiger partial charge is 0.202 e. The van der Waals surface area contributed by atoms with Gasteiger partial charge < -0.3 is 4.74 Å². The molecule has 200 valence electrons. The Hall–Kier alpha value is -4.74. The monoisotopic (exact) mass is 549 g/mol. The first-order valence-electron chi connectivity index (χ1n) is 14.0. The van der Waals surface area contributed by atoms with Crippen LogP contribution in [0.4, 0.5) is 0 Å². The third kappa shape index (κ3) is 4.04. The summed E-state index contributed by atoms with van der Waals surface area (Å²) in [7, 11) is -2.78. The SMILES string of the molecule is Cc1cc(-c2cccc(Oc3cccc([Si]4(c5ccccn5)c5ccccc5C(C)(C)c5ccccc54)c3)c2)n[nH]1. The van der Waals surface area contributed by atoms with Gasteiger partial charge >= 0.3 is 0 Å². The van der Waals surface area contributed by atoms with Gasteiger partial charge in [0.2, 0.25) is 8.07 Å². The van der Waals surface area contributed by atoms with Crippen LogP contribution in [-0.2, 0) is 5.41 Å². The van der Waals surface area contributed by atoms with Crippen LogP contribution in [0, 0.1) is 6.92 Å². The van der Waals surface area contributed by atoms with Crippen molar-refractivity contribution in [2.24, 2.45) is 0 Å². The van der Waals surface area contributed by atoms with Crippen molar-refractivity contribution in [3.05, 3.63) is 144 Å². The highest BCUT2D eigenvalue weighted by Crippen LogP contribution is 2.36. The molecule has 1 N–H and O–H groups in total. The van der Waals surface area contributed by atoms with Gasteiger partial charge in [-0.15, -0.1) is 0 Å². The molecule has 0 saturated carbocycles. The summed E-state index contributed by atoms with van der Waals surface area (Å²) in [6.45, 7) is 6.69. The van der Waals surface area contributed by atoms with Crippen LogP contribution in [0.15, 0.2) is 128 Å². The summed E-state index contributed by atoms with van der Waals surface area (Å²) in [5.41, 5.74) is 5.55. The van der Waals surface area contributed by atoms with Crippen molar-refractivity contribution in [1.82, 2.24) is 15.2 Å². The van der Waals surface area contributed by atoms with Crippen LogP contribution in [0.25, 0.3) is 11.3 Å². The van der Waals surface area contributed by atoms with Crippen LogP contribution in [0.1, 0.15) is 30.7 Å². The molecule has 0 atom stereocenters. The molecule has 0 amide bonds. The van der Waals surface area contributed by atoms with Crippen LogP contribution in [0.2, 0.25) is 0 Å². The highest BCUT2D eigenvalue weighted by molar-refractivity contribution is 7.20. The number of hydrogen-bond acceptors (Lipinski definition) is 3. The Labute approximate surface area is 241 Å². The number of pyridine rings is 1. The van der Waals surface area contributed by atoms with Gasteiger partial charge in [-0.3, -0.25) is 10.1 Å². The summed E-state index contributed by atoms with van der Waals surface area (Å²) < 4.78 is 6.54. The van der Waals surface area contributed by atoms with Crippen LogP contribution in [-0.4, -0.2) is 23.3 Å². The number of aromatic nitrogens is 3. The van der Waals surface area contributed by atoms with E-state index in [2.05, 4.69) is 109 Å². The number of hydrogen-bond donors (Lipinski definition) is 1. The lowest BCUT2D eigenvalue weighted by molar-refractivity contribution is 0.483. The zero-order chi connectivity index (χ0) is 28.0. The van der Waals surface area contributed by atoms with Crippen molar-refractivity contribution < 1.29 is 4.74 Å². The maximum atomic E-state index is 6.54. The molecule has 0 radical (unpaired) electrons. The summed E-state index contributed by atoms with van der Waals surface area (Å²) in [5, 5.41) is 12.6. The second-order valence-electron chi connectivity index (χ2n) is 11.3. The fraction of sp³-hybridized carbons (Fsp3) is 0.111. The molecular formula is C36H31N3OSi. The molecule has 0 saturated heterocycles. The summed E-state index contributed by atoms with van der Waals surface area (Å²) in [6, 6.07) is 43.1. The zero-order valence-corrected chi connectivity index (χ0v) is 24.4. The molecule has 0 bridgehead atoms. The predicted molar refractivity (Wildman–Crippen MR) is 169 cm³/mol. The number of fused-ring (bicyclic) bond motifs is 2. The number of H-pyrrole nitrogens is 1. The fourth-order valence-electron chi connectivity index (χ4n) is 6.53. The molecule has 1 aliphatic heterocycles. The number of aryl methyl sites for hydroxylation is 1. The number of rotatable bonds is 5. The summed E-state index contributed by atoms with van der Waals surface area (Å²) >= 11 is 0. The van der Waals surface area contributed by atoms with Gasteiger partial charge in [0.25, 0.3) is 0 Å². The predicted octanol–water partition coefficient (Wildman–Crippen LogP) is 5.59. The second kappa shape index (κ2) is 9.72. The normalized spacial score (nSPS) is 14.6. The van der Waals surface area contributed by atoms with Crippen LogP contribution < -0.4 is 25.6 Å². The number of nitrogens with one attached hydrogen (secondary N) is 1. The first-order chi connectivity index (χ1) is 20.0. The van der Waals surface area contributed by atoms with Crippen molar-refractivity contribution in [1.29, 1.82) is 0 Å². The van der Waals surface area contributed by atoms with Crippen molar-refractivity contribution in [2.45, 2.75) is 26.2 Å². The Bertz CT molecular complexity index is 1830. The molecule has 0 aliphatic carbocycles. The van der Waals surface area contributed by atoms with E-state index in [1.807, 2.05) is 49.5 Å². The molecule has 7 rings (SSSR count). The van der Waals surface area contributed by atoms with Crippen molar-refractivity contribution in [3.8, 4) is 22.8 Å². The maximum absolute atomic E-state index is 6.54.